The first-order valence-electron chi connectivity index (χ1n) is 11.6. The third-order valence-corrected chi connectivity index (χ3v) is 5.54. The molecule has 0 fully saturated rings. The third kappa shape index (κ3) is 8.74. The van der Waals surface area contributed by atoms with Gasteiger partial charge in [0, 0.05) is 19.2 Å². The molecule has 0 aliphatic carbocycles. The van der Waals surface area contributed by atoms with Gasteiger partial charge in [0.05, 0.1) is 18.8 Å². The Morgan fingerprint density at radius 2 is 1.78 bits per heavy atom. The number of alkyl carbamates (subject to hydrolysis) is 1. The summed E-state index contributed by atoms with van der Waals surface area (Å²) in [7, 11) is 0. The summed E-state index contributed by atoms with van der Waals surface area (Å²) in [6.45, 7) is -1.08. The summed E-state index contributed by atoms with van der Waals surface area (Å²) in [6, 6.07) is 1.40. The minimum atomic E-state index is -6.01. The summed E-state index contributed by atoms with van der Waals surface area (Å²) >= 11 is 0. The van der Waals surface area contributed by atoms with Crippen LogP contribution in [0, 0.1) is 5.82 Å². The Kier molecular flexibility index (Phi) is 12.0. The number of carbonyl (C=O) groups excluding carboxylic acids is 4. The van der Waals surface area contributed by atoms with E-state index in [0.717, 1.165) is 22.3 Å². The van der Waals surface area contributed by atoms with E-state index in [1.54, 1.807) is 0 Å². The van der Waals surface area contributed by atoms with Crippen LogP contribution in [0.3, 0.4) is 0 Å². The van der Waals surface area contributed by atoms with Crippen LogP contribution >= 0.6 is 12.4 Å². The topological polar surface area (TPSA) is 172 Å². The average Bonchev–Trinajstić information content (AvgIpc) is 2.95. The van der Waals surface area contributed by atoms with E-state index in [2.05, 4.69) is 5.32 Å². The van der Waals surface area contributed by atoms with Crippen molar-refractivity contribution in [2.75, 3.05) is 37.7 Å². The number of hydrogen-bond acceptors (Lipinski definition) is 8. The zero-order valence-corrected chi connectivity index (χ0v) is 22.3. The van der Waals surface area contributed by atoms with Crippen LogP contribution in [-0.4, -0.2) is 91.6 Å². The van der Waals surface area contributed by atoms with Crippen molar-refractivity contribution in [2.45, 2.75) is 43.7 Å². The van der Waals surface area contributed by atoms with Gasteiger partial charge in [-0.05, 0) is 26.0 Å². The van der Waals surface area contributed by atoms with E-state index >= 15 is 0 Å². The number of rotatable bonds is 10. The van der Waals surface area contributed by atoms with E-state index in [4.69, 9.17) is 15.2 Å². The van der Waals surface area contributed by atoms with E-state index in [9.17, 15) is 50.6 Å². The number of aliphatic hydroxyl groups is 1. The van der Waals surface area contributed by atoms with E-state index in [1.165, 1.54) is 13.0 Å². The van der Waals surface area contributed by atoms with Gasteiger partial charge in [0.15, 0.2) is 0 Å². The summed E-state index contributed by atoms with van der Waals surface area (Å²) < 4.78 is 88.0. The Morgan fingerprint density at radius 3 is 2.37 bits per heavy atom. The van der Waals surface area contributed by atoms with Gasteiger partial charge in [-0.2, -0.15) is 22.0 Å². The van der Waals surface area contributed by atoms with E-state index in [-0.39, 0.29) is 36.9 Å². The van der Waals surface area contributed by atoms with Crippen molar-refractivity contribution in [3.05, 3.63) is 24.0 Å². The Labute approximate surface area is 235 Å². The van der Waals surface area contributed by atoms with Crippen molar-refractivity contribution in [3.8, 4) is 5.75 Å². The van der Waals surface area contributed by atoms with Crippen LogP contribution in [0.15, 0.2) is 18.2 Å². The molecule has 3 atom stereocenters. The Hall–Kier alpha value is -3.51. The predicted octanol–water partition coefficient (Wildman–Crippen LogP) is 0.596. The quantitative estimate of drug-likeness (QED) is 0.186. The Balaban J connectivity index is 0.00000840. The number of anilines is 1. The molecule has 1 aliphatic rings. The molecule has 41 heavy (non-hydrogen) atoms. The van der Waals surface area contributed by atoms with Crippen LogP contribution in [0.1, 0.15) is 13.8 Å². The molecule has 0 spiro atoms. The SMILES string of the molecule is C[C@H]1Oc2ccc(F)cc2N(CCOC(=O)NCCN)C(=O)[C@H]1NC(=O)C(C)(O)C(=O)NCC(F)(F)C(F)(F)F.Cl. The van der Waals surface area contributed by atoms with E-state index in [1.807, 2.05) is 5.32 Å². The summed E-state index contributed by atoms with van der Waals surface area (Å²) in [4.78, 5) is 50.9. The molecule has 0 aromatic heterocycles. The number of amides is 4. The molecule has 232 valence electrons. The maximum absolute atomic E-state index is 14.0. The third-order valence-electron chi connectivity index (χ3n) is 5.54. The van der Waals surface area contributed by atoms with Crippen LogP contribution in [0.2, 0.25) is 0 Å². The maximum Gasteiger partial charge on any atom is 0.455 e. The normalized spacial score (nSPS) is 18.5. The lowest BCUT2D eigenvalue weighted by molar-refractivity contribution is -0.278. The highest BCUT2D eigenvalue weighted by Crippen LogP contribution is 2.35. The second-order valence-electron chi connectivity index (χ2n) is 8.68. The standard InChI is InChI=1S/C22H27F6N5O7.ClH/c1-11-15(32-18(36)20(2,38)17(35)31-10-21(24,25)22(26,27)28)16(34)33(7-8-39-19(37)30-6-5-29)13-9-12(23)3-4-14(13)40-11;/h3-4,9,11,15,38H,5-8,10,29H2,1-2H3,(H,30,37)(H,31,35)(H,32,36);1H/t11-,15+,20?;/m1./s1. The molecule has 1 aromatic rings. The highest BCUT2D eigenvalue weighted by atomic mass is 35.5. The minimum Gasteiger partial charge on any atom is -0.486 e. The van der Waals surface area contributed by atoms with Crippen molar-refractivity contribution < 1.29 is 60.1 Å². The van der Waals surface area contributed by atoms with E-state index in [0.29, 0.717) is 6.92 Å². The van der Waals surface area contributed by atoms with Crippen LogP contribution in [0.4, 0.5) is 36.8 Å². The molecule has 0 saturated carbocycles. The zero-order chi connectivity index (χ0) is 30.5. The number of halogens is 7. The molecule has 1 unspecified atom stereocenters. The molecule has 1 aromatic carbocycles. The monoisotopic (exact) mass is 623 g/mol. The predicted molar refractivity (Wildman–Crippen MR) is 131 cm³/mol. The molecule has 0 radical (unpaired) electrons. The molecule has 1 heterocycles. The van der Waals surface area contributed by atoms with Gasteiger partial charge in [0.1, 0.15) is 30.3 Å². The fourth-order valence-corrected chi connectivity index (χ4v) is 3.27. The number of ether oxygens (including phenoxy) is 2. The van der Waals surface area contributed by atoms with Gasteiger partial charge in [-0.1, -0.05) is 0 Å². The van der Waals surface area contributed by atoms with Crippen molar-refractivity contribution >= 4 is 41.9 Å². The fraction of sp³-hybridized carbons (Fsp3) is 0.545. The number of hydrogen-bond donors (Lipinski definition) is 5. The smallest absolute Gasteiger partial charge is 0.455 e. The molecule has 1 aliphatic heterocycles. The number of nitrogens with two attached hydrogens (primary N) is 1. The first kappa shape index (κ1) is 35.5. The first-order valence-corrected chi connectivity index (χ1v) is 11.6. The van der Waals surface area contributed by atoms with Gasteiger partial charge >= 0.3 is 18.2 Å². The number of nitrogens with one attached hydrogen (secondary N) is 3. The highest BCUT2D eigenvalue weighted by Gasteiger charge is 2.58. The van der Waals surface area contributed by atoms with Crippen LogP contribution in [0.25, 0.3) is 0 Å². The fourth-order valence-electron chi connectivity index (χ4n) is 3.27. The second kappa shape index (κ2) is 13.9. The largest absolute Gasteiger partial charge is 0.486 e. The molecule has 4 amide bonds. The Morgan fingerprint density at radius 1 is 1.15 bits per heavy atom. The zero-order valence-electron chi connectivity index (χ0n) is 21.5. The molecule has 0 saturated heterocycles. The lowest BCUT2D eigenvalue weighted by Crippen LogP contribution is -2.63. The van der Waals surface area contributed by atoms with E-state index < -0.39 is 79.2 Å². The average molecular weight is 624 g/mol. The Bertz CT molecular complexity index is 1120. The molecular formula is C22H28ClF6N5O7. The van der Waals surface area contributed by atoms with Crippen LogP contribution < -0.4 is 31.3 Å². The van der Waals surface area contributed by atoms with Gasteiger partial charge in [-0.15, -0.1) is 12.4 Å². The maximum atomic E-state index is 14.0. The van der Waals surface area contributed by atoms with Gasteiger partial charge in [-0.25, -0.2) is 9.18 Å². The number of nitrogens with zero attached hydrogens (tertiary/aromatic N) is 1. The van der Waals surface area contributed by atoms with Crippen molar-refractivity contribution in [1.29, 1.82) is 0 Å². The first-order chi connectivity index (χ1) is 18.4. The number of benzene rings is 1. The van der Waals surface area contributed by atoms with Gasteiger partial charge in [0.25, 0.3) is 17.7 Å². The van der Waals surface area contributed by atoms with Gasteiger partial charge < -0.3 is 41.2 Å². The summed E-state index contributed by atoms with van der Waals surface area (Å²) in [5, 5.41) is 15.8. The lowest BCUT2D eigenvalue weighted by Gasteiger charge is -2.29. The highest BCUT2D eigenvalue weighted by molar-refractivity contribution is 6.10. The van der Waals surface area contributed by atoms with Crippen molar-refractivity contribution in [3.63, 3.8) is 0 Å². The molecule has 12 nitrogen and oxygen atoms in total. The minimum absolute atomic E-state index is 0. The van der Waals surface area contributed by atoms with Gasteiger partial charge in [0.2, 0.25) is 5.60 Å². The van der Waals surface area contributed by atoms with Crippen LogP contribution in [-0.2, 0) is 19.1 Å². The molecule has 6 N–H and O–H groups in total. The molecule has 0 bridgehead atoms. The summed E-state index contributed by atoms with van der Waals surface area (Å²) in [5.74, 6) is -10.7. The summed E-state index contributed by atoms with van der Waals surface area (Å²) in [5.41, 5.74) is 1.92. The molecular weight excluding hydrogens is 596 g/mol. The van der Waals surface area contributed by atoms with Crippen molar-refractivity contribution in [1.82, 2.24) is 16.0 Å². The lowest BCUT2D eigenvalue weighted by atomic mass is 10.0. The van der Waals surface area contributed by atoms with Gasteiger partial charge in [-0.3, -0.25) is 14.4 Å². The number of alkyl halides is 5. The number of fused-ring (bicyclic) bond motifs is 1. The number of carbonyl (C=O) groups is 4. The second-order valence-corrected chi connectivity index (χ2v) is 8.68. The molecule has 19 heteroatoms. The van der Waals surface area contributed by atoms with Crippen LogP contribution in [0.5, 0.6) is 5.75 Å². The van der Waals surface area contributed by atoms with Crippen molar-refractivity contribution in [2.24, 2.45) is 5.73 Å². The molecule has 2 rings (SSSR count). The summed E-state index contributed by atoms with van der Waals surface area (Å²) in [6.07, 6.45) is -8.13.